The van der Waals surface area contributed by atoms with Gasteiger partial charge < -0.3 is 20.1 Å². The number of hydrogen-bond donors (Lipinski definition) is 2. The number of carbonyl (C=O) groups excluding carboxylic acids is 1. The smallest absolute Gasteiger partial charge is 0.255 e. The van der Waals surface area contributed by atoms with Crippen LogP contribution in [-0.2, 0) is 11.4 Å². The third-order valence-corrected chi connectivity index (χ3v) is 6.97. The van der Waals surface area contributed by atoms with Crippen molar-refractivity contribution >= 4 is 40.7 Å². The molecule has 2 N–H and O–H groups in total. The van der Waals surface area contributed by atoms with E-state index < -0.39 is 6.04 Å². The number of carbonyl (C=O) groups is 1. The van der Waals surface area contributed by atoms with E-state index in [1.54, 1.807) is 16.8 Å². The molecule has 1 atom stereocenters. The van der Waals surface area contributed by atoms with E-state index >= 15 is 0 Å². The monoisotopic (exact) mass is 564 g/mol. The fourth-order valence-electron chi connectivity index (χ4n) is 4.32. The van der Waals surface area contributed by atoms with Crippen molar-refractivity contribution in [2.75, 3.05) is 17.2 Å². The minimum Gasteiger partial charge on any atom is -0.490 e. The number of nitrogens with one attached hydrogen (secondary N) is 2. The molecule has 11 heteroatoms. The predicted octanol–water partition coefficient (Wildman–Crippen LogP) is 6.19. The maximum absolute atomic E-state index is 13.6. The minimum absolute atomic E-state index is 0.268. The molecule has 1 aliphatic rings. The fourth-order valence-corrected chi connectivity index (χ4v) is 4.64. The summed E-state index contributed by atoms with van der Waals surface area (Å²) in [6.45, 7) is 6.40. The van der Waals surface area contributed by atoms with Gasteiger partial charge in [0.25, 0.3) is 5.91 Å². The zero-order valence-corrected chi connectivity index (χ0v) is 23.0. The molecule has 200 valence electrons. The number of hydrogen-bond acceptors (Lipinski definition) is 7. The number of tetrazole rings is 1. The van der Waals surface area contributed by atoms with Gasteiger partial charge in [0.15, 0.2) is 11.5 Å². The second-order valence-corrected chi connectivity index (χ2v) is 9.82. The van der Waals surface area contributed by atoms with Crippen LogP contribution < -0.4 is 20.1 Å². The van der Waals surface area contributed by atoms with Gasteiger partial charge in [0.1, 0.15) is 12.6 Å². The standard InChI is InChI=1S/C28H26Cl2N6O3/c1-4-38-24-14-19(8-12-23(24)39-15-18-7-11-21(29)22(30)13-18)26-25(17(3)31-28-33-34-35-36(26)28)27(37)32-20-9-5-16(2)6-10-20/h5-14,26H,4,15H2,1-3H3,(H,32,37)(H,31,33,35). The number of aromatic nitrogens is 4. The lowest BCUT2D eigenvalue weighted by atomic mass is 9.94. The lowest BCUT2D eigenvalue weighted by molar-refractivity contribution is -0.113. The quantitative estimate of drug-likeness (QED) is 0.263. The van der Waals surface area contributed by atoms with Gasteiger partial charge in [-0.25, -0.2) is 0 Å². The Labute approximate surface area is 235 Å². The van der Waals surface area contributed by atoms with Crippen LogP contribution in [0.1, 0.15) is 36.6 Å². The highest BCUT2D eigenvalue weighted by Gasteiger charge is 2.34. The van der Waals surface area contributed by atoms with Gasteiger partial charge in [0.2, 0.25) is 5.95 Å². The Hall–Kier alpha value is -4.08. The maximum Gasteiger partial charge on any atom is 0.255 e. The van der Waals surface area contributed by atoms with E-state index in [2.05, 4.69) is 26.2 Å². The number of rotatable bonds is 8. The third kappa shape index (κ3) is 5.69. The number of nitrogens with zero attached hydrogens (tertiary/aromatic N) is 4. The zero-order valence-electron chi connectivity index (χ0n) is 21.5. The Balaban J connectivity index is 1.47. The zero-order chi connectivity index (χ0) is 27.5. The Kier molecular flexibility index (Phi) is 7.72. The molecule has 5 rings (SSSR count). The summed E-state index contributed by atoms with van der Waals surface area (Å²) in [6, 6.07) is 17.9. The fraction of sp³-hybridized carbons (Fsp3) is 0.214. The van der Waals surface area contributed by atoms with Crippen molar-refractivity contribution in [1.82, 2.24) is 20.2 Å². The molecule has 0 saturated carbocycles. The first-order chi connectivity index (χ1) is 18.8. The number of benzene rings is 3. The van der Waals surface area contributed by atoms with Crippen LogP contribution in [0.5, 0.6) is 11.5 Å². The van der Waals surface area contributed by atoms with Crippen molar-refractivity contribution in [3.63, 3.8) is 0 Å². The number of allylic oxidation sites excluding steroid dienone is 1. The van der Waals surface area contributed by atoms with Crippen LogP contribution in [0, 0.1) is 6.92 Å². The second-order valence-electron chi connectivity index (χ2n) is 9.01. The van der Waals surface area contributed by atoms with E-state index in [1.807, 2.05) is 69.3 Å². The summed E-state index contributed by atoms with van der Waals surface area (Å²) in [7, 11) is 0. The molecule has 0 saturated heterocycles. The molecule has 3 aromatic carbocycles. The van der Waals surface area contributed by atoms with Crippen LogP contribution in [-0.4, -0.2) is 32.7 Å². The molecular weight excluding hydrogens is 539 g/mol. The number of anilines is 2. The average Bonchev–Trinajstić information content (AvgIpc) is 3.38. The molecule has 0 radical (unpaired) electrons. The van der Waals surface area contributed by atoms with Crippen molar-refractivity contribution in [2.45, 2.75) is 33.4 Å². The SMILES string of the molecule is CCOc1cc(C2C(C(=O)Nc3ccc(C)cc3)=C(C)Nc3nnnn32)ccc1OCc1ccc(Cl)c(Cl)c1. The largest absolute Gasteiger partial charge is 0.490 e. The third-order valence-electron chi connectivity index (χ3n) is 6.23. The molecule has 2 heterocycles. The molecule has 0 spiro atoms. The summed E-state index contributed by atoms with van der Waals surface area (Å²) in [5.74, 6) is 1.23. The first-order valence-electron chi connectivity index (χ1n) is 12.3. The van der Waals surface area contributed by atoms with Crippen molar-refractivity contribution in [3.05, 3.63) is 98.7 Å². The molecule has 0 bridgehead atoms. The number of halogens is 2. The maximum atomic E-state index is 13.6. The molecule has 0 aliphatic carbocycles. The van der Waals surface area contributed by atoms with Gasteiger partial charge in [0, 0.05) is 11.4 Å². The Morgan fingerprint density at radius 2 is 1.79 bits per heavy atom. The first kappa shape index (κ1) is 26.5. The summed E-state index contributed by atoms with van der Waals surface area (Å²) in [5, 5.41) is 19.1. The lowest BCUT2D eigenvalue weighted by Gasteiger charge is -2.28. The van der Waals surface area contributed by atoms with Gasteiger partial charge in [-0.15, -0.1) is 0 Å². The number of aryl methyl sites for hydroxylation is 1. The van der Waals surface area contributed by atoms with Gasteiger partial charge in [-0.3, -0.25) is 4.79 Å². The van der Waals surface area contributed by atoms with Gasteiger partial charge in [-0.05, 0) is 78.7 Å². The van der Waals surface area contributed by atoms with E-state index in [-0.39, 0.29) is 12.5 Å². The first-order valence-corrected chi connectivity index (χ1v) is 13.1. The lowest BCUT2D eigenvalue weighted by Crippen LogP contribution is -2.31. The van der Waals surface area contributed by atoms with Gasteiger partial charge in [-0.2, -0.15) is 4.68 Å². The van der Waals surface area contributed by atoms with Crippen LogP contribution in [0.4, 0.5) is 11.6 Å². The minimum atomic E-state index is -0.606. The van der Waals surface area contributed by atoms with Crippen molar-refractivity contribution in [2.24, 2.45) is 0 Å². The predicted molar refractivity (Wildman–Crippen MR) is 150 cm³/mol. The topological polar surface area (TPSA) is 103 Å². The van der Waals surface area contributed by atoms with Crippen LogP contribution in [0.25, 0.3) is 0 Å². The highest BCUT2D eigenvalue weighted by molar-refractivity contribution is 6.42. The summed E-state index contributed by atoms with van der Waals surface area (Å²) < 4.78 is 13.6. The van der Waals surface area contributed by atoms with Crippen LogP contribution in [0.2, 0.25) is 10.0 Å². The number of amides is 1. The van der Waals surface area contributed by atoms with E-state index in [9.17, 15) is 4.79 Å². The van der Waals surface area contributed by atoms with Gasteiger partial charge in [-0.1, -0.05) is 58.1 Å². The number of ether oxygens (including phenoxy) is 2. The van der Waals surface area contributed by atoms with Crippen LogP contribution >= 0.6 is 23.2 Å². The number of fused-ring (bicyclic) bond motifs is 1. The second kappa shape index (κ2) is 11.3. The summed E-state index contributed by atoms with van der Waals surface area (Å²) >= 11 is 12.2. The Morgan fingerprint density at radius 1 is 1.00 bits per heavy atom. The molecular formula is C28H26Cl2N6O3. The highest BCUT2D eigenvalue weighted by Crippen LogP contribution is 2.39. The van der Waals surface area contributed by atoms with Crippen molar-refractivity contribution in [1.29, 1.82) is 0 Å². The van der Waals surface area contributed by atoms with E-state index in [4.69, 9.17) is 32.7 Å². The van der Waals surface area contributed by atoms with E-state index in [0.717, 1.165) is 16.7 Å². The normalized spacial score (nSPS) is 14.4. The van der Waals surface area contributed by atoms with E-state index in [1.165, 1.54) is 0 Å². The molecule has 1 amide bonds. The molecule has 39 heavy (non-hydrogen) atoms. The van der Waals surface area contributed by atoms with Gasteiger partial charge in [0.05, 0.1) is 22.2 Å². The Morgan fingerprint density at radius 3 is 2.54 bits per heavy atom. The molecule has 0 fully saturated rings. The van der Waals surface area contributed by atoms with Crippen LogP contribution in [0.3, 0.4) is 0 Å². The van der Waals surface area contributed by atoms with Crippen molar-refractivity contribution in [3.8, 4) is 11.5 Å². The average molecular weight is 565 g/mol. The van der Waals surface area contributed by atoms with Gasteiger partial charge >= 0.3 is 0 Å². The van der Waals surface area contributed by atoms with Crippen LogP contribution in [0.15, 0.2) is 71.9 Å². The molecule has 9 nitrogen and oxygen atoms in total. The summed E-state index contributed by atoms with van der Waals surface area (Å²) in [4.78, 5) is 13.6. The summed E-state index contributed by atoms with van der Waals surface area (Å²) in [5.41, 5.74) is 4.52. The Bertz CT molecular complexity index is 1550. The highest BCUT2D eigenvalue weighted by atomic mass is 35.5. The molecule has 4 aromatic rings. The molecule has 1 aromatic heterocycles. The molecule has 1 unspecified atom stereocenters. The summed E-state index contributed by atoms with van der Waals surface area (Å²) in [6.07, 6.45) is 0. The molecule has 1 aliphatic heterocycles. The van der Waals surface area contributed by atoms with Crippen molar-refractivity contribution < 1.29 is 14.3 Å². The van der Waals surface area contributed by atoms with E-state index in [0.29, 0.717) is 51.1 Å².